The highest BCUT2D eigenvalue weighted by Crippen LogP contribution is 2.12. The third-order valence-corrected chi connectivity index (χ3v) is 3.81. The number of nitrogens with zero attached hydrogens (tertiary/aromatic N) is 2. The molecule has 0 radical (unpaired) electrons. The van der Waals surface area contributed by atoms with E-state index < -0.39 is 0 Å². The Morgan fingerprint density at radius 1 is 1.25 bits per heavy atom. The van der Waals surface area contributed by atoms with Crippen molar-refractivity contribution in [1.29, 1.82) is 0 Å². The van der Waals surface area contributed by atoms with Crippen molar-refractivity contribution < 1.29 is 0 Å². The van der Waals surface area contributed by atoms with Gasteiger partial charge in [0.2, 0.25) is 0 Å². The van der Waals surface area contributed by atoms with Crippen LogP contribution in [-0.2, 0) is 6.54 Å². The Labute approximate surface area is 143 Å². The highest BCUT2D eigenvalue weighted by Gasteiger charge is 2.01. The third-order valence-electron chi connectivity index (χ3n) is 2.89. The van der Waals surface area contributed by atoms with Gasteiger partial charge in [-0.3, -0.25) is 0 Å². The van der Waals surface area contributed by atoms with Crippen LogP contribution < -0.4 is 10.6 Å². The van der Waals surface area contributed by atoms with Crippen molar-refractivity contribution in [1.82, 2.24) is 15.6 Å². The second-order valence-electron chi connectivity index (χ2n) is 4.54. The van der Waals surface area contributed by atoms with Crippen molar-refractivity contribution in [3.05, 3.63) is 16.1 Å². The van der Waals surface area contributed by atoms with Gasteiger partial charge < -0.3 is 10.6 Å². The average Bonchev–Trinajstić information content (AvgIpc) is 2.81. The Kier molecular flexibility index (Phi) is 12.1. The first-order valence-electron chi connectivity index (χ1n) is 7.19. The first-order chi connectivity index (χ1) is 9.27. The van der Waals surface area contributed by atoms with Crippen LogP contribution in [0.25, 0.3) is 0 Å². The van der Waals surface area contributed by atoms with E-state index in [1.165, 1.54) is 30.6 Å². The van der Waals surface area contributed by atoms with E-state index >= 15 is 0 Å². The first kappa shape index (κ1) is 19.6. The average molecular weight is 410 g/mol. The molecule has 1 heterocycles. The molecule has 0 saturated carbocycles. The minimum Gasteiger partial charge on any atom is -0.357 e. The summed E-state index contributed by atoms with van der Waals surface area (Å²) in [5.74, 6) is 0.909. The van der Waals surface area contributed by atoms with E-state index in [0.717, 1.165) is 24.7 Å². The van der Waals surface area contributed by atoms with Gasteiger partial charge >= 0.3 is 0 Å². The van der Waals surface area contributed by atoms with E-state index in [1.54, 1.807) is 11.3 Å². The van der Waals surface area contributed by atoms with Gasteiger partial charge in [0.05, 0.1) is 17.7 Å². The second-order valence-corrected chi connectivity index (χ2v) is 5.48. The fourth-order valence-electron chi connectivity index (χ4n) is 1.73. The summed E-state index contributed by atoms with van der Waals surface area (Å²) >= 11 is 1.67. The molecular weight excluding hydrogens is 383 g/mol. The van der Waals surface area contributed by atoms with Gasteiger partial charge in [-0.15, -0.1) is 35.3 Å². The Morgan fingerprint density at radius 2 is 2.05 bits per heavy atom. The van der Waals surface area contributed by atoms with Crippen molar-refractivity contribution in [3.8, 4) is 0 Å². The number of unbranched alkanes of at least 4 members (excludes halogenated alkanes) is 3. The van der Waals surface area contributed by atoms with Crippen LogP contribution in [-0.4, -0.2) is 24.0 Å². The third kappa shape index (κ3) is 8.04. The zero-order valence-corrected chi connectivity index (χ0v) is 15.9. The summed E-state index contributed by atoms with van der Waals surface area (Å²) in [7, 11) is 0. The normalized spacial score (nSPS) is 11.1. The van der Waals surface area contributed by atoms with Crippen LogP contribution in [0.4, 0.5) is 0 Å². The Morgan fingerprint density at radius 3 is 2.65 bits per heavy atom. The van der Waals surface area contributed by atoms with Crippen molar-refractivity contribution in [2.75, 3.05) is 13.1 Å². The largest absolute Gasteiger partial charge is 0.357 e. The molecule has 116 valence electrons. The van der Waals surface area contributed by atoms with Crippen LogP contribution >= 0.6 is 35.3 Å². The molecule has 0 saturated heterocycles. The van der Waals surface area contributed by atoms with Gasteiger partial charge in [0.1, 0.15) is 0 Å². The number of hydrogen-bond acceptors (Lipinski definition) is 3. The molecule has 0 fully saturated rings. The van der Waals surface area contributed by atoms with E-state index in [1.807, 2.05) is 12.4 Å². The number of aliphatic imine (C=N–C) groups is 1. The molecule has 1 aromatic rings. The van der Waals surface area contributed by atoms with Crippen LogP contribution in [0.3, 0.4) is 0 Å². The minimum absolute atomic E-state index is 0. The molecule has 2 N–H and O–H groups in total. The highest BCUT2D eigenvalue weighted by atomic mass is 127. The summed E-state index contributed by atoms with van der Waals surface area (Å²) in [4.78, 5) is 10.1. The number of nitrogens with one attached hydrogen (secondary N) is 2. The maximum absolute atomic E-state index is 4.60. The zero-order chi connectivity index (χ0) is 13.9. The lowest BCUT2D eigenvalue weighted by Crippen LogP contribution is -2.37. The molecule has 0 aliphatic rings. The van der Waals surface area contributed by atoms with Crippen LogP contribution in [0.1, 0.15) is 50.1 Å². The van der Waals surface area contributed by atoms with Crippen LogP contribution in [0.2, 0.25) is 0 Å². The molecule has 1 rings (SSSR count). The van der Waals surface area contributed by atoms with Gasteiger partial charge in [-0.2, -0.15) is 0 Å². The maximum atomic E-state index is 4.60. The Hall–Kier alpha value is -0.370. The van der Waals surface area contributed by atoms with Crippen molar-refractivity contribution >= 4 is 41.3 Å². The standard InChI is InChI=1S/C14H26N4S.HI/c1-4-6-7-8-9-16-14(15-5-2)17-10-13-12(3)18-11-19-13;/h11H,4-10H2,1-3H3,(H2,15,16,17);1H. The first-order valence-corrected chi connectivity index (χ1v) is 8.07. The molecule has 20 heavy (non-hydrogen) atoms. The number of guanidine groups is 1. The molecule has 0 atom stereocenters. The summed E-state index contributed by atoms with van der Waals surface area (Å²) < 4.78 is 0. The van der Waals surface area contributed by atoms with Crippen LogP contribution in [0, 0.1) is 6.92 Å². The minimum atomic E-state index is 0. The van der Waals surface area contributed by atoms with Gasteiger partial charge in [-0.05, 0) is 20.3 Å². The summed E-state index contributed by atoms with van der Waals surface area (Å²) in [5.41, 5.74) is 2.97. The predicted molar refractivity (Wildman–Crippen MR) is 99.2 cm³/mol. The molecule has 0 amide bonds. The van der Waals surface area contributed by atoms with Crippen LogP contribution in [0.5, 0.6) is 0 Å². The van der Waals surface area contributed by atoms with Gasteiger partial charge in [-0.25, -0.2) is 9.98 Å². The number of aromatic nitrogens is 1. The van der Waals surface area contributed by atoms with Gasteiger partial charge in [-0.1, -0.05) is 26.2 Å². The van der Waals surface area contributed by atoms with Crippen molar-refractivity contribution in [2.45, 2.75) is 53.0 Å². The van der Waals surface area contributed by atoms with E-state index in [-0.39, 0.29) is 24.0 Å². The molecule has 0 unspecified atom stereocenters. The summed E-state index contributed by atoms with van der Waals surface area (Å²) in [5, 5.41) is 6.66. The van der Waals surface area contributed by atoms with E-state index in [2.05, 4.69) is 34.5 Å². The lowest BCUT2D eigenvalue weighted by atomic mass is 10.2. The zero-order valence-electron chi connectivity index (χ0n) is 12.7. The number of halogens is 1. The molecule has 4 nitrogen and oxygen atoms in total. The molecule has 0 aliphatic heterocycles. The number of rotatable bonds is 8. The fourth-order valence-corrected chi connectivity index (χ4v) is 2.43. The van der Waals surface area contributed by atoms with Gasteiger partial charge in [0, 0.05) is 18.0 Å². The fraction of sp³-hybridized carbons (Fsp3) is 0.714. The van der Waals surface area contributed by atoms with Gasteiger partial charge in [0.25, 0.3) is 0 Å². The van der Waals surface area contributed by atoms with E-state index in [4.69, 9.17) is 0 Å². The molecule has 0 aromatic carbocycles. The Bertz CT molecular complexity index is 379. The topological polar surface area (TPSA) is 49.3 Å². The highest BCUT2D eigenvalue weighted by molar-refractivity contribution is 14.0. The number of thiazole rings is 1. The number of hydrogen-bond donors (Lipinski definition) is 2. The molecule has 0 aliphatic carbocycles. The SMILES string of the molecule is CCCCCCNC(=NCc1scnc1C)NCC.I. The quantitative estimate of drug-likeness (QED) is 0.297. The monoisotopic (exact) mass is 410 g/mol. The smallest absolute Gasteiger partial charge is 0.191 e. The predicted octanol–water partition coefficient (Wildman–Crippen LogP) is 3.70. The summed E-state index contributed by atoms with van der Waals surface area (Å²) in [6.07, 6.45) is 5.09. The second kappa shape index (κ2) is 12.4. The van der Waals surface area contributed by atoms with Crippen LogP contribution in [0.15, 0.2) is 10.5 Å². The molecule has 1 aromatic heterocycles. The molecular formula is C14H27IN4S. The molecule has 6 heteroatoms. The molecule has 0 spiro atoms. The van der Waals surface area contributed by atoms with Crippen molar-refractivity contribution in [2.24, 2.45) is 4.99 Å². The summed E-state index contributed by atoms with van der Waals surface area (Å²) in [6, 6.07) is 0. The maximum Gasteiger partial charge on any atom is 0.191 e. The lowest BCUT2D eigenvalue weighted by molar-refractivity contribution is 0.647. The van der Waals surface area contributed by atoms with E-state index in [9.17, 15) is 0 Å². The van der Waals surface area contributed by atoms with Crippen molar-refractivity contribution in [3.63, 3.8) is 0 Å². The molecule has 0 bridgehead atoms. The van der Waals surface area contributed by atoms with E-state index in [0.29, 0.717) is 6.54 Å². The Balaban J connectivity index is 0.00000361. The lowest BCUT2D eigenvalue weighted by Gasteiger charge is -2.10. The summed E-state index contributed by atoms with van der Waals surface area (Å²) in [6.45, 7) is 8.95. The van der Waals surface area contributed by atoms with Gasteiger partial charge in [0.15, 0.2) is 5.96 Å². The number of aryl methyl sites for hydroxylation is 1.